The summed E-state index contributed by atoms with van der Waals surface area (Å²) in [7, 11) is 0. The molecule has 0 saturated heterocycles. The van der Waals surface area contributed by atoms with Gasteiger partial charge in [0, 0.05) is 11.3 Å². The van der Waals surface area contributed by atoms with Crippen molar-refractivity contribution in [3.63, 3.8) is 0 Å². The van der Waals surface area contributed by atoms with Crippen molar-refractivity contribution in [2.75, 3.05) is 19.3 Å². The van der Waals surface area contributed by atoms with Crippen LogP contribution in [0.5, 0.6) is 0 Å². The van der Waals surface area contributed by atoms with Gasteiger partial charge in [-0.15, -0.1) is 0 Å². The number of unbranched alkanes of at least 4 members (excludes halogenated alkanes) is 1. The first-order chi connectivity index (χ1) is 8.54. The molecule has 2 nitrogen and oxygen atoms in total. The molecule has 104 valence electrons. The first kappa shape index (κ1) is 15.9. The second-order valence-corrected chi connectivity index (χ2v) is 7.50. The minimum atomic E-state index is -0.147. The SMILES string of the molecule is CSC1(CNCCCCC(C)(C)C#N)CCCC1. The summed E-state index contributed by atoms with van der Waals surface area (Å²) in [6, 6.07) is 2.37. The van der Waals surface area contributed by atoms with E-state index in [4.69, 9.17) is 5.26 Å². The van der Waals surface area contributed by atoms with Crippen molar-refractivity contribution >= 4 is 11.8 Å². The van der Waals surface area contributed by atoms with Crippen molar-refractivity contribution < 1.29 is 0 Å². The summed E-state index contributed by atoms with van der Waals surface area (Å²) in [6.07, 6.45) is 11.2. The zero-order valence-electron chi connectivity index (χ0n) is 12.2. The molecule has 1 aliphatic carbocycles. The van der Waals surface area contributed by atoms with E-state index in [-0.39, 0.29) is 5.41 Å². The lowest BCUT2D eigenvalue weighted by molar-refractivity contribution is 0.419. The van der Waals surface area contributed by atoms with Crippen LogP contribution in [0.2, 0.25) is 0 Å². The van der Waals surface area contributed by atoms with E-state index >= 15 is 0 Å². The van der Waals surface area contributed by atoms with Crippen molar-refractivity contribution in [1.29, 1.82) is 5.26 Å². The van der Waals surface area contributed by atoms with Crippen molar-refractivity contribution in [3.05, 3.63) is 0 Å². The van der Waals surface area contributed by atoms with Crippen LogP contribution in [0, 0.1) is 16.7 Å². The van der Waals surface area contributed by atoms with Crippen molar-refractivity contribution in [2.24, 2.45) is 5.41 Å². The minimum Gasteiger partial charge on any atom is -0.315 e. The van der Waals surface area contributed by atoms with Gasteiger partial charge in [-0.1, -0.05) is 19.3 Å². The lowest BCUT2D eigenvalue weighted by Crippen LogP contribution is -2.35. The van der Waals surface area contributed by atoms with Crippen LogP contribution in [0.4, 0.5) is 0 Å². The van der Waals surface area contributed by atoms with E-state index in [1.54, 1.807) is 0 Å². The molecular formula is C15H28N2S. The Morgan fingerprint density at radius 1 is 1.28 bits per heavy atom. The fraction of sp³-hybridized carbons (Fsp3) is 0.933. The number of nitrogens with zero attached hydrogens (tertiary/aromatic N) is 1. The standard InChI is InChI=1S/C15H28N2S/c1-14(2,12-16)8-6-7-11-17-13-15(18-3)9-4-5-10-15/h17H,4-11,13H2,1-3H3. The van der Waals surface area contributed by atoms with Crippen LogP contribution in [0.15, 0.2) is 0 Å². The molecular weight excluding hydrogens is 240 g/mol. The van der Waals surface area contributed by atoms with Crippen molar-refractivity contribution in [2.45, 2.75) is 63.5 Å². The maximum absolute atomic E-state index is 8.94. The molecule has 3 heteroatoms. The zero-order chi connectivity index (χ0) is 13.5. The number of hydrogen-bond donors (Lipinski definition) is 1. The normalized spacial score (nSPS) is 18.8. The molecule has 0 radical (unpaired) electrons. The highest BCUT2D eigenvalue weighted by molar-refractivity contribution is 8.00. The smallest absolute Gasteiger partial charge is 0.0683 e. The van der Waals surface area contributed by atoms with E-state index < -0.39 is 0 Å². The molecule has 0 amide bonds. The van der Waals surface area contributed by atoms with Gasteiger partial charge >= 0.3 is 0 Å². The average molecular weight is 268 g/mol. The number of thioether (sulfide) groups is 1. The summed E-state index contributed by atoms with van der Waals surface area (Å²) in [5, 5.41) is 12.6. The van der Waals surface area contributed by atoms with Gasteiger partial charge in [-0.25, -0.2) is 0 Å². The van der Waals surface area contributed by atoms with Gasteiger partial charge in [0.05, 0.1) is 11.5 Å². The Morgan fingerprint density at radius 2 is 1.94 bits per heavy atom. The Labute approximate surface area is 117 Å². The zero-order valence-corrected chi connectivity index (χ0v) is 13.0. The molecule has 0 heterocycles. The molecule has 1 saturated carbocycles. The summed E-state index contributed by atoms with van der Waals surface area (Å²) in [4.78, 5) is 0. The molecule has 1 N–H and O–H groups in total. The van der Waals surface area contributed by atoms with Gasteiger partial charge in [0.2, 0.25) is 0 Å². The maximum atomic E-state index is 8.94. The average Bonchev–Trinajstić information content (AvgIpc) is 2.83. The first-order valence-corrected chi connectivity index (χ1v) is 8.43. The van der Waals surface area contributed by atoms with E-state index in [9.17, 15) is 0 Å². The summed E-state index contributed by atoms with van der Waals surface area (Å²) in [5.41, 5.74) is -0.147. The third-order valence-corrected chi connectivity index (χ3v) is 5.52. The van der Waals surface area contributed by atoms with Crippen molar-refractivity contribution in [1.82, 2.24) is 5.32 Å². The maximum Gasteiger partial charge on any atom is 0.0683 e. The van der Waals surface area contributed by atoms with Crippen LogP contribution in [-0.2, 0) is 0 Å². The first-order valence-electron chi connectivity index (χ1n) is 7.21. The van der Waals surface area contributed by atoms with Gasteiger partial charge in [-0.05, 0) is 52.3 Å². The molecule has 0 spiro atoms. The highest BCUT2D eigenvalue weighted by Gasteiger charge is 2.32. The Hall–Kier alpha value is -0.200. The highest BCUT2D eigenvalue weighted by Crippen LogP contribution is 2.39. The summed E-state index contributed by atoms with van der Waals surface area (Å²) >= 11 is 2.05. The fourth-order valence-electron chi connectivity index (χ4n) is 2.66. The number of rotatable bonds is 8. The third kappa shape index (κ3) is 5.20. The topological polar surface area (TPSA) is 35.8 Å². The molecule has 1 fully saturated rings. The third-order valence-electron chi connectivity index (χ3n) is 4.10. The largest absolute Gasteiger partial charge is 0.315 e. The van der Waals surface area contributed by atoms with E-state index in [1.807, 2.05) is 25.6 Å². The van der Waals surface area contributed by atoms with Crippen LogP contribution in [0.1, 0.15) is 58.8 Å². The van der Waals surface area contributed by atoms with Gasteiger partial charge in [0.25, 0.3) is 0 Å². The van der Waals surface area contributed by atoms with Crippen LogP contribution in [0.3, 0.4) is 0 Å². The number of nitriles is 1. The van der Waals surface area contributed by atoms with Crippen LogP contribution in [0.25, 0.3) is 0 Å². The Kier molecular flexibility index (Phi) is 6.52. The Balaban J connectivity index is 2.07. The number of nitrogens with one attached hydrogen (secondary N) is 1. The molecule has 0 aromatic rings. The molecule has 0 atom stereocenters. The van der Waals surface area contributed by atoms with E-state index in [0.29, 0.717) is 4.75 Å². The summed E-state index contributed by atoms with van der Waals surface area (Å²) < 4.78 is 0.520. The van der Waals surface area contributed by atoms with Gasteiger partial charge in [-0.2, -0.15) is 17.0 Å². The van der Waals surface area contributed by atoms with Crippen LogP contribution < -0.4 is 5.32 Å². The quantitative estimate of drug-likeness (QED) is 0.677. The minimum absolute atomic E-state index is 0.147. The van der Waals surface area contributed by atoms with Gasteiger partial charge in [-0.3, -0.25) is 0 Å². The van der Waals surface area contributed by atoms with Gasteiger partial charge in [0.15, 0.2) is 0 Å². The molecule has 1 rings (SSSR count). The van der Waals surface area contributed by atoms with E-state index in [1.165, 1.54) is 32.1 Å². The van der Waals surface area contributed by atoms with Crippen molar-refractivity contribution in [3.8, 4) is 6.07 Å². The summed E-state index contributed by atoms with van der Waals surface area (Å²) in [5.74, 6) is 0. The van der Waals surface area contributed by atoms with Gasteiger partial charge < -0.3 is 5.32 Å². The lowest BCUT2D eigenvalue weighted by Gasteiger charge is -2.27. The molecule has 0 unspecified atom stereocenters. The predicted octanol–water partition coefficient (Wildman–Crippen LogP) is 3.97. The van der Waals surface area contributed by atoms with E-state index in [0.717, 1.165) is 25.9 Å². The predicted molar refractivity (Wildman–Crippen MR) is 80.8 cm³/mol. The van der Waals surface area contributed by atoms with Gasteiger partial charge in [0.1, 0.15) is 0 Å². The molecule has 0 bridgehead atoms. The fourth-order valence-corrected chi connectivity index (χ4v) is 3.60. The lowest BCUT2D eigenvalue weighted by atomic mass is 9.89. The Bertz CT molecular complexity index is 275. The molecule has 0 aromatic heterocycles. The molecule has 18 heavy (non-hydrogen) atoms. The second-order valence-electron chi connectivity index (χ2n) is 6.22. The van der Waals surface area contributed by atoms with Crippen LogP contribution >= 0.6 is 11.8 Å². The molecule has 0 aromatic carbocycles. The Morgan fingerprint density at radius 3 is 2.50 bits per heavy atom. The van der Waals surface area contributed by atoms with Crippen LogP contribution in [-0.4, -0.2) is 24.1 Å². The molecule has 0 aliphatic heterocycles. The number of hydrogen-bond acceptors (Lipinski definition) is 3. The molecule has 1 aliphatic rings. The summed E-state index contributed by atoms with van der Waals surface area (Å²) in [6.45, 7) is 6.32. The monoisotopic (exact) mass is 268 g/mol. The highest BCUT2D eigenvalue weighted by atomic mass is 32.2. The second kappa shape index (κ2) is 7.40. The van der Waals surface area contributed by atoms with E-state index in [2.05, 4.69) is 17.6 Å².